The third-order valence-electron chi connectivity index (χ3n) is 1.67. The van der Waals surface area contributed by atoms with E-state index < -0.39 is 0 Å². The van der Waals surface area contributed by atoms with Crippen molar-refractivity contribution < 1.29 is 4.79 Å². The molecule has 0 aliphatic heterocycles. The van der Waals surface area contributed by atoms with Gasteiger partial charge in [-0.15, -0.1) is 11.6 Å². The van der Waals surface area contributed by atoms with Gasteiger partial charge in [-0.25, -0.2) is 0 Å². The summed E-state index contributed by atoms with van der Waals surface area (Å²) in [4.78, 5) is 10.7. The molecule has 1 aliphatic carbocycles. The van der Waals surface area contributed by atoms with Gasteiger partial charge in [-0.1, -0.05) is 0 Å². The number of nitriles is 1. The van der Waals surface area contributed by atoms with Crippen LogP contribution in [0.15, 0.2) is 0 Å². The first kappa shape index (κ1) is 8.35. The fourth-order valence-electron chi connectivity index (χ4n) is 0.897. The quantitative estimate of drug-likeness (QED) is 0.636. The molecule has 1 fully saturated rings. The largest absolute Gasteiger partial charge is 0.339 e. The number of nitrogens with one attached hydrogen (secondary N) is 1. The number of hydrogen-bond acceptors (Lipinski definition) is 2. The Kier molecular flexibility index (Phi) is 2.72. The molecule has 1 unspecified atom stereocenters. The molecule has 1 aliphatic rings. The van der Waals surface area contributed by atoms with Crippen LogP contribution in [-0.2, 0) is 4.79 Å². The summed E-state index contributed by atoms with van der Waals surface area (Å²) in [5.41, 5.74) is 0. The highest BCUT2D eigenvalue weighted by atomic mass is 35.5. The predicted molar refractivity (Wildman–Crippen MR) is 41.0 cm³/mol. The fraction of sp³-hybridized carbons (Fsp3) is 0.714. The Bertz CT molecular complexity index is 195. The predicted octanol–water partition coefficient (Wildman–Crippen LogP) is 0.644. The monoisotopic (exact) mass is 172 g/mol. The topological polar surface area (TPSA) is 52.9 Å². The van der Waals surface area contributed by atoms with Gasteiger partial charge >= 0.3 is 0 Å². The Morgan fingerprint density at radius 3 is 2.82 bits per heavy atom. The Morgan fingerprint density at radius 2 is 2.45 bits per heavy atom. The van der Waals surface area contributed by atoms with E-state index in [-0.39, 0.29) is 17.8 Å². The van der Waals surface area contributed by atoms with Gasteiger partial charge in [-0.3, -0.25) is 4.79 Å². The first-order valence-corrected chi connectivity index (χ1v) is 4.06. The number of halogens is 1. The zero-order chi connectivity index (χ0) is 8.27. The zero-order valence-electron chi connectivity index (χ0n) is 6.01. The summed E-state index contributed by atoms with van der Waals surface area (Å²) >= 11 is 5.26. The molecule has 1 N–H and O–H groups in total. The van der Waals surface area contributed by atoms with E-state index >= 15 is 0 Å². The van der Waals surface area contributed by atoms with Crippen molar-refractivity contribution in [1.29, 1.82) is 5.26 Å². The van der Waals surface area contributed by atoms with E-state index in [0.717, 1.165) is 12.8 Å². The minimum Gasteiger partial charge on any atom is -0.339 e. The summed E-state index contributed by atoms with van der Waals surface area (Å²) < 4.78 is 0. The van der Waals surface area contributed by atoms with Crippen LogP contribution in [0.4, 0.5) is 0 Å². The van der Waals surface area contributed by atoms with Crippen molar-refractivity contribution in [1.82, 2.24) is 5.32 Å². The molecule has 60 valence electrons. The summed E-state index contributed by atoms with van der Waals surface area (Å²) in [6.07, 6.45) is 2.08. The Labute approximate surface area is 70.3 Å². The lowest BCUT2D eigenvalue weighted by Gasteiger charge is -2.07. The minimum absolute atomic E-state index is 0.0646. The first-order valence-electron chi connectivity index (χ1n) is 3.53. The van der Waals surface area contributed by atoms with Gasteiger partial charge in [-0.2, -0.15) is 5.26 Å². The summed E-state index contributed by atoms with van der Waals surface area (Å²) in [7, 11) is 0. The van der Waals surface area contributed by atoms with Crippen LogP contribution in [0.25, 0.3) is 0 Å². The summed E-state index contributed by atoms with van der Waals surface area (Å²) in [5.74, 6) is 0.0440. The van der Waals surface area contributed by atoms with E-state index in [9.17, 15) is 4.79 Å². The van der Waals surface area contributed by atoms with Crippen molar-refractivity contribution in [2.45, 2.75) is 18.9 Å². The van der Waals surface area contributed by atoms with Gasteiger partial charge in [0.15, 0.2) is 0 Å². The molecule has 0 aromatic carbocycles. The van der Waals surface area contributed by atoms with Crippen molar-refractivity contribution in [3.63, 3.8) is 0 Å². The van der Waals surface area contributed by atoms with E-state index in [1.165, 1.54) is 0 Å². The summed E-state index contributed by atoms with van der Waals surface area (Å²) in [6.45, 7) is 0. The second-order valence-corrected chi connectivity index (χ2v) is 2.91. The van der Waals surface area contributed by atoms with Crippen molar-refractivity contribution >= 4 is 17.5 Å². The van der Waals surface area contributed by atoms with Gasteiger partial charge in [0.05, 0.1) is 6.07 Å². The normalized spacial score (nSPS) is 18.5. The summed E-state index contributed by atoms with van der Waals surface area (Å²) in [6, 6.07) is 1.72. The molecule has 0 radical (unpaired) electrons. The lowest BCUT2D eigenvalue weighted by atomic mass is 10.2. The highest BCUT2D eigenvalue weighted by molar-refractivity contribution is 6.27. The van der Waals surface area contributed by atoms with Gasteiger partial charge < -0.3 is 5.32 Å². The van der Waals surface area contributed by atoms with Crippen LogP contribution in [0.3, 0.4) is 0 Å². The van der Waals surface area contributed by atoms with Crippen LogP contribution in [0.1, 0.15) is 12.8 Å². The fourth-order valence-corrected chi connectivity index (χ4v) is 0.974. The number of amides is 1. The lowest BCUT2D eigenvalue weighted by Crippen LogP contribution is -2.35. The van der Waals surface area contributed by atoms with Gasteiger partial charge in [0, 0.05) is 0 Å². The number of carbonyl (C=O) groups is 1. The van der Waals surface area contributed by atoms with Crippen molar-refractivity contribution in [2.75, 3.05) is 5.88 Å². The highest BCUT2D eigenvalue weighted by Gasteiger charge is 2.31. The van der Waals surface area contributed by atoms with E-state index in [1.54, 1.807) is 0 Å². The van der Waals surface area contributed by atoms with E-state index in [1.807, 2.05) is 6.07 Å². The molecule has 0 saturated heterocycles. The standard InChI is InChI=1S/C7H9ClN2O/c8-3-7(11)10-6(4-9)5-1-2-5/h5-6H,1-3H2,(H,10,11). The average Bonchev–Trinajstić information content (AvgIpc) is 2.82. The number of carbonyl (C=O) groups excluding carboxylic acids is 1. The van der Waals surface area contributed by atoms with Crippen LogP contribution in [-0.4, -0.2) is 17.8 Å². The highest BCUT2D eigenvalue weighted by Crippen LogP contribution is 2.32. The maximum Gasteiger partial charge on any atom is 0.235 e. The first-order chi connectivity index (χ1) is 5.27. The van der Waals surface area contributed by atoms with Gasteiger partial charge in [0.1, 0.15) is 11.9 Å². The molecule has 4 heteroatoms. The molecule has 1 amide bonds. The van der Waals surface area contributed by atoms with Gasteiger partial charge in [0.2, 0.25) is 5.91 Å². The molecule has 1 rings (SSSR count). The van der Waals surface area contributed by atoms with Crippen molar-refractivity contribution in [3.8, 4) is 6.07 Å². The number of alkyl halides is 1. The molecule has 11 heavy (non-hydrogen) atoms. The molecular weight excluding hydrogens is 164 g/mol. The van der Waals surface area contributed by atoms with Gasteiger partial charge in [-0.05, 0) is 18.8 Å². The van der Waals surface area contributed by atoms with Crippen LogP contribution < -0.4 is 5.32 Å². The molecule has 0 heterocycles. The average molecular weight is 173 g/mol. The maximum atomic E-state index is 10.7. The summed E-state index contributed by atoms with van der Waals surface area (Å²) in [5, 5.41) is 11.1. The van der Waals surface area contributed by atoms with E-state index in [2.05, 4.69) is 5.32 Å². The Morgan fingerprint density at radius 1 is 1.82 bits per heavy atom. The lowest BCUT2D eigenvalue weighted by molar-refractivity contribution is -0.119. The molecule has 0 bridgehead atoms. The van der Waals surface area contributed by atoms with Crippen LogP contribution in [0, 0.1) is 17.2 Å². The molecule has 3 nitrogen and oxygen atoms in total. The van der Waals surface area contributed by atoms with Gasteiger partial charge in [0.25, 0.3) is 0 Å². The third kappa shape index (κ3) is 2.39. The molecule has 0 aromatic rings. The van der Waals surface area contributed by atoms with E-state index in [0.29, 0.717) is 5.92 Å². The molecule has 1 saturated carbocycles. The minimum atomic E-state index is -0.318. The third-order valence-corrected chi connectivity index (χ3v) is 1.91. The number of nitrogens with zero attached hydrogens (tertiary/aromatic N) is 1. The molecule has 1 atom stereocenters. The van der Waals surface area contributed by atoms with Crippen molar-refractivity contribution in [3.05, 3.63) is 0 Å². The van der Waals surface area contributed by atoms with E-state index in [4.69, 9.17) is 16.9 Å². The number of rotatable bonds is 3. The van der Waals surface area contributed by atoms with Crippen LogP contribution >= 0.6 is 11.6 Å². The second kappa shape index (κ2) is 3.59. The molecule has 0 spiro atoms. The second-order valence-electron chi connectivity index (χ2n) is 2.65. The van der Waals surface area contributed by atoms with Crippen molar-refractivity contribution in [2.24, 2.45) is 5.92 Å². The Balaban J connectivity index is 2.32. The zero-order valence-corrected chi connectivity index (χ0v) is 6.77. The SMILES string of the molecule is N#CC(NC(=O)CCl)C1CC1. The Hall–Kier alpha value is -0.750. The maximum absolute atomic E-state index is 10.7. The smallest absolute Gasteiger partial charge is 0.235 e. The van der Waals surface area contributed by atoms with Crippen LogP contribution in [0.2, 0.25) is 0 Å². The number of hydrogen-bond donors (Lipinski definition) is 1. The molecule has 0 aromatic heterocycles. The molecular formula is C7H9ClN2O. The van der Waals surface area contributed by atoms with Crippen LogP contribution in [0.5, 0.6) is 0 Å².